The van der Waals surface area contributed by atoms with Gasteiger partial charge in [0.25, 0.3) is 15.9 Å². The first-order chi connectivity index (χ1) is 24.4. The highest BCUT2D eigenvalue weighted by Crippen LogP contribution is 2.20. The lowest BCUT2D eigenvalue weighted by molar-refractivity contribution is -0.143. The van der Waals surface area contributed by atoms with Crippen LogP contribution in [0.5, 0.6) is 0 Å². The summed E-state index contributed by atoms with van der Waals surface area (Å²) in [4.78, 5) is 53.5. The Bertz CT molecular complexity index is 1480. The van der Waals surface area contributed by atoms with E-state index in [1.54, 1.807) is 19.1 Å². The van der Waals surface area contributed by atoms with Crippen molar-refractivity contribution < 1.29 is 56.8 Å². The van der Waals surface area contributed by atoms with Gasteiger partial charge in [-0.3, -0.25) is 14.4 Å². The van der Waals surface area contributed by atoms with Crippen molar-refractivity contribution in [1.29, 1.82) is 0 Å². The fourth-order valence-electron chi connectivity index (χ4n) is 4.61. The third-order valence-electron chi connectivity index (χ3n) is 7.24. The van der Waals surface area contributed by atoms with Crippen LogP contribution in [-0.2, 0) is 49.8 Å². The van der Waals surface area contributed by atoms with E-state index in [4.69, 9.17) is 29.2 Å². The Labute approximate surface area is 297 Å². The molecule has 0 saturated carbocycles. The first-order valence-corrected chi connectivity index (χ1v) is 18.1. The molecule has 1 heterocycles. The first-order valence-electron chi connectivity index (χ1n) is 16.6. The Morgan fingerprint density at radius 2 is 1.45 bits per heavy atom. The van der Waals surface area contributed by atoms with Crippen molar-refractivity contribution in [3.05, 3.63) is 47.8 Å². The van der Waals surface area contributed by atoms with Crippen LogP contribution in [0.2, 0.25) is 0 Å². The largest absolute Gasteiger partial charge is 0.481 e. The number of aromatic nitrogens is 2. The monoisotopic (exact) mass is 739 g/mol. The normalized spacial score (nSPS) is 12.5. The number of rotatable bonds is 28. The summed E-state index contributed by atoms with van der Waals surface area (Å²) in [5.41, 5.74) is 0.981. The highest BCUT2D eigenvalue weighted by Gasteiger charge is 2.18. The van der Waals surface area contributed by atoms with E-state index >= 15 is 0 Å². The van der Waals surface area contributed by atoms with E-state index in [1.165, 1.54) is 18.5 Å². The van der Waals surface area contributed by atoms with Crippen LogP contribution in [0.25, 0.3) is 0 Å². The lowest BCUT2D eigenvalue weighted by Crippen LogP contribution is -2.31. The minimum atomic E-state index is -3.98. The maximum absolute atomic E-state index is 13.0. The summed E-state index contributed by atoms with van der Waals surface area (Å²) < 4.78 is 48.9. The minimum absolute atomic E-state index is 0.0591. The third kappa shape index (κ3) is 19.1. The predicted molar refractivity (Wildman–Crippen MR) is 184 cm³/mol. The number of sulfonamides is 1. The van der Waals surface area contributed by atoms with Crippen molar-refractivity contribution in [2.75, 3.05) is 70.7 Å². The molecule has 0 bridgehead atoms. The van der Waals surface area contributed by atoms with E-state index in [0.29, 0.717) is 12.8 Å². The number of aliphatic carboxylic acids is 2. The molecule has 2 rings (SSSR count). The zero-order valence-electron chi connectivity index (χ0n) is 29.0. The number of hydrogen-bond donors (Lipinski definition) is 5. The summed E-state index contributed by atoms with van der Waals surface area (Å²) >= 11 is 0. The summed E-state index contributed by atoms with van der Waals surface area (Å²) in [7, 11) is -3.98. The Morgan fingerprint density at radius 3 is 2.10 bits per heavy atom. The van der Waals surface area contributed by atoms with Crippen molar-refractivity contribution in [3.63, 3.8) is 0 Å². The molecule has 17 nitrogen and oxygen atoms in total. The van der Waals surface area contributed by atoms with Gasteiger partial charge >= 0.3 is 11.9 Å². The van der Waals surface area contributed by atoms with Gasteiger partial charge in [-0.2, -0.15) is 0 Å². The molecule has 5 N–H and O–H groups in total. The number of carbonyl (C=O) groups is 4. The third-order valence-corrected chi connectivity index (χ3v) is 8.57. The van der Waals surface area contributed by atoms with E-state index in [2.05, 4.69) is 25.3 Å². The van der Waals surface area contributed by atoms with Crippen LogP contribution in [0.4, 0.5) is 5.95 Å². The average molecular weight is 740 g/mol. The number of anilines is 1. The van der Waals surface area contributed by atoms with Gasteiger partial charge in [0.15, 0.2) is 0 Å². The number of aryl methyl sites for hydroxylation is 1. The van der Waals surface area contributed by atoms with Gasteiger partial charge in [0.05, 0.1) is 56.0 Å². The lowest BCUT2D eigenvalue weighted by Gasteiger charge is -2.14. The summed E-state index contributed by atoms with van der Waals surface area (Å²) in [6, 6.07) is 6.59. The lowest BCUT2D eigenvalue weighted by atomic mass is 9.92. The highest BCUT2D eigenvalue weighted by atomic mass is 32.2. The van der Waals surface area contributed by atoms with Crippen LogP contribution < -0.4 is 15.4 Å². The number of carboxylic acids is 2. The maximum atomic E-state index is 13.0. The van der Waals surface area contributed by atoms with Gasteiger partial charge in [-0.05, 0) is 42.9 Å². The highest BCUT2D eigenvalue weighted by molar-refractivity contribution is 7.92. The molecule has 0 aliphatic rings. The molecule has 1 aromatic carbocycles. The van der Waals surface area contributed by atoms with Gasteiger partial charge < -0.3 is 39.8 Å². The Hall–Kier alpha value is -4.23. The van der Waals surface area contributed by atoms with Crippen molar-refractivity contribution in [1.82, 2.24) is 20.6 Å². The van der Waals surface area contributed by atoms with Crippen LogP contribution in [0.1, 0.15) is 55.5 Å². The van der Waals surface area contributed by atoms with Crippen LogP contribution >= 0.6 is 0 Å². The molecule has 0 radical (unpaired) electrons. The van der Waals surface area contributed by atoms with Gasteiger partial charge in [-0.25, -0.2) is 27.9 Å². The molecule has 2 unspecified atom stereocenters. The summed E-state index contributed by atoms with van der Waals surface area (Å²) in [6.07, 6.45) is 6.35. The number of benzene rings is 1. The van der Waals surface area contributed by atoms with E-state index in [-0.39, 0.29) is 93.5 Å². The van der Waals surface area contributed by atoms with Crippen molar-refractivity contribution in [2.24, 2.45) is 11.8 Å². The second kappa shape index (κ2) is 24.0. The van der Waals surface area contributed by atoms with Crippen LogP contribution in [-0.4, -0.2) is 118 Å². The minimum Gasteiger partial charge on any atom is -0.481 e. The van der Waals surface area contributed by atoms with E-state index in [9.17, 15) is 27.6 Å². The summed E-state index contributed by atoms with van der Waals surface area (Å²) in [5.74, 6) is -2.93. The standard InChI is InChI=1S/C33H49N5O12S/c1-24(18-25(2)32(43)44)6-3-4-7-26-8-5-9-28(19-26)51(45,46)38-33-36-20-27(21-37-33)31(42)35-11-13-48-14-16-49-22-29(39)34-10-12-47-15-17-50-23-30(40)41/h5,8-9,19-21,24-25H,3-4,6-7,10-18,22-23H2,1-2H3,(H,34,39)(H,35,42)(H,40,41)(H,43,44)(H,36,37,38). The molecular formula is C33H49N5O12S. The van der Waals surface area contributed by atoms with Crippen LogP contribution in [0.3, 0.4) is 0 Å². The zero-order chi connectivity index (χ0) is 37.5. The van der Waals surface area contributed by atoms with Gasteiger partial charge in [-0.15, -0.1) is 0 Å². The molecule has 0 saturated heterocycles. The smallest absolute Gasteiger partial charge is 0.329 e. The van der Waals surface area contributed by atoms with Crippen molar-refractivity contribution in [3.8, 4) is 0 Å². The number of hydrogen-bond acceptors (Lipinski definition) is 12. The molecule has 2 aromatic rings. The number of carboxylic acid groups (broad SMARTS) is 2. The van der Waals surface area contributed by atoms with E-state index < -0.39 is 34.5 Å². The number of ether oxygens (including phenoxy) is 4. The molecular weight excluding hydrogens is 690 g/mol. The summed E-state index contributed by atoms with van der Waals surface area (Å²) in [6.45, 7) is 4.74. The van der Waals surface area contributed by atoms with Crippen molar-refractivity contribution in [2.45, 2.75) is 50.8 Å². The molecule has 51 heavy (non-hydrogen) atoms. The molecule has 2 atom stereocenters. The van der Waals surface area contributed by atoms with Gasteiger partial charge in [0.2, 0.25) is 11.9 Å². The van der Waals surface area contributed by atoms with Crippen molar-refractivity contribution >= 4 is 39.7 Å². The van der Waals surface area contributed by atoms with E-state index in [0.717, 1.165) is 24.8 Å². The topological polar surface area (TPSA) is 242 Å². The fraction of sp³-hybridized carbons (Fsp3) is 0.576. The maximum Gasteiger partial charge on any atom is 0.329 e. The molecule has 284 valence electrons. The van der Waals surface area contributed by atoms with Crippen LogP contribution in [0.15, 0.2) is 41.6 Å². The Kier molecular flexibility index (Phi) is 20.2. The summed E-state index contributed by atoms with van der Waals surface area (Å²) in [5, 5.41) is 22.8. The Balaban J connectivity index is 1.60. The number of nitrogens with zero attached hydrogens (tertiary/aromatic N) is 2. The van der Waals surface area contributed by atoms with Gasteiger partial charge in [0, 0.05) is 25.5 Å². The molecule has 0 aliphatic carbocycles. The first kappa shape index (κ1) is 42.9. The van der Waals surface area contributed by atoms with Gasteiger partial charge in [-0.1, -0.05) is 38.8 Å². The number of nitrogens with one attached hydrogen (secondary N) is 3. The van der Waals surface area contributed by atoms with Gasteiger partial charge in [0.1, 0.15) is 13.2 Å². The quantitative estimate of drug-likeness (QED) is 0.0782. The number of amides is 2. The molecule has 0 aliphatic heterocycles. The molecule has 0 fully saturated rings. The molecule has 0 spiro atoms. The second-order valence-electron chi connectivity index (χ2n) is 11.7. The molecule has 1 aromatic heterocycles. The Morgan fingerprint density at radius 1 is 0.824 bits per heavy atom. The fourth-order valence-corrected chi connectivity index (χ4v) is 5.63. The second-order valence-corrected chi connectivity index (χ2v) is 13.4. The molecule has 18 heteroatoms. The average Bonchev–Trinajstić information content (AvgIpc) is 3.09. The number of carbonyl (C=O) groups excluding carboxylic acids is 2. The molecule has 2 amide bonds. The van der Waals surface area contributed by atoms with Crippen LogP contribution in [0, 0.1) is 11.8 Å². The van der Waals surface area contributed by atoms with E-state index in [1.807, 2.05) is 13.0 Å². The zero-order valence-corrected chi connectivity index (χ0v) is 29.8. The number of unbranched alkanes of at least 4 members (excludes halogenated alkanes) is 1. The predicted octanol–water partition coefficient (Wildman–Crippen LogP) is 1.73. The SMILES string of the molecule is CC(CCCCc1cccc(S(=O)(=O)Nc2ncc(C(=O)NCCOCCOCC(=O)NCCOCCOCC(=O)O)cn2)c1)CC(C)C(=O)O.